The number of rotatable bonds is 4. The Labute approximate surface area is 138 Å². The highest BCUT2D eigenvalue weighted by Gasteiger charge is 2.33. The molecule has 2 rings (SSSR count). The predicted octanol–water partition coefficient (Wildman–Crippen LogP) is 1.62. The number of benzene rings is 1. The minimum atomic E-state index is -1.05. The summed E-state index contributed by atoms with van der Waals surface area (Å²) in [6.45, 7) is 6.93. The van der Waals surface area contributed by atoms with Crippen LogP contribution >= 0.6 is 0 Å². The highest BCUT2D eigenvalue weighted by molar-refractivity contribution is 5.87. The van der Waals surface area contributed by atoms with Gasteiger partial charge in [0.2, 0.25) is 11.8 Å². The Bertz CT molecular complexity index is 547. The second-order valence-electron chi connectivity index (χ2n) is 6.80. The van der Waals surface area contributed by atoms with Crippen molar-refractivity contribution in [3.05, 3.63) is 35.9 Å². The van der Waals surface area contributed by atoms with E-state index in [2.05, 4.69) is 5.32 Å². The summed E-state index contributed by atoms with van der Waals surface area (Å²) in [5.74, 6) is 0.0339. The van der Waals surface area contributed by atoms with Crippen molar-refractivity contribution in [2.45, 2.75) is 45.2 Å². The molecule has 1 aliphatic heterocycles. The molecule has 0 bridgehead atoms. The number of nitrogens with zero attached hydrogens (tertiary/aromatic N) is 1. The van der Waals surface area contributed by atoms with Gasteiger partial charge in [-0.1, -0.05) is 44.2 Å². The molecule has 1 unspecified atom stereocenters. The lowest BCUT2D eigenvalue weighted by Gasteiger charge is -2.35. The van der Waals surface area contributed by atoms with Gasteiger partial charge in [-0.3, -0.25) is 9.59 Å². The summed E-state index contributed by atoms with van der Waals surface area (Å²) in [4.78, 5) is 26.4. The lowest BCUT2D eigenvalue weighted by atomic mass is 9.91. The molecule has 0 aliphatic carbocycles. The molecule has 2 amide bonds. The molecule has 1 saturated heterocycles. The third-order valence-corrected chi connectivity index (χ3v) is 4.48. The van der Waals surface area contributed by atoms with Gasteiger partial charge in [-0.05, 0) is 25.3 Å². The molecule has 1 heterocycles. The molecule has 3 N–H and O–H groups in total. The van der Waals surface area contributed by atoms with Gasteiger partial charge >= 0.3 is 0 Å². The molecule has 1 aromatic carbocycles. The highest BCUT2D eigenvalue weighted by Crippen LogP contribution is 2.19. The molecular formula is C18H27N3O2. The van der Waals surface area contributed by atoms with Crippen molar-refractivity contribution in [1.29, 1.82) is 0 Å². The number of nitrogens with one attached hydrogen (secondary N) is 1. The van der Waals surface area contributed by atoms with Crippen LogP contribution in [0, 0.1) is 5.92 Å². The van der Waals surface area contributed by atoms with E-state index in [9.17, 15) is 9.59 Å². The minimum absolute atomic E-state index is 0.0200. The van der Waals surface area contributed by atoms with Crippen molar-refractivity contribution in [1.82, 2.24) is 10.2 Å². The number of hydrogen-bond donors (Lipinski definition) is 2. The fourth-order valence-electron chi connectivity index (χ4n) is 2.86. The Morgan fingerprint density at radius 3 is 2.30 bits per heavy atom. The average molecular weight is 317 g/mol. The number of nitrogens with two attached hydrogens (primary N) is 1. The first-order valence-corrected chi connectivity index (χ1v) is 8.26. The van der Waals surface area contributed by atoms with Crippen molar-refractivity contribution in [3.8, 4) is 0 Å². The molecule has 0 aromatic heterocycles. The van der Waals surface area contributed by atoms with E-state index in [1.54, 1.807) is 6.92 Å². The summed E-state index contributed by atoms with van der Waals surface area (Å²) >= 11 is 0. The van der Waals surface area contributed by atoms with Crippen LogP contribution in [0.25, 0.3) is 0 Å². The lowest BCUT2D eigenvalue weighted by Crippen LogP contribution is -2.54. The molecule has 5 nitrogen and oxygen atoms in total. The Kier molecular flexibility index (Phi) is 5.42. The Hall–Kier alpha value is -1.88. The molecule has 0 radical (unpaired) electrons. The van der Waals surface area contributed by atoms with Crippen LogP contribution in [0.5, 0.6) is 0 Å². The number of amides is 2. The van der Waals surface area contributed by atoms with E-state index in [1.807, 2.05) is 49.1 Å². The van der Waals surface area contributed by atoms with Gasteiger partial charge in [0.1, 0.15) is 5.54 Å². The summed E-state index contributed by atoms with van der Waals surface area (Å²) < 4.78 is 0. The summed E-state index contributed by atoms with van der Waals surface area (Å²) in [6, 6.07) is 9.46. The molecule has 1 atom stereocenters. The van der Waals surface area contributed by atoms with Crippen LogP contribution in [-0.2, 0) is 15.1 Å². The summed E-state index contributed by atoms with van der Waals surface area (Å²) in [6.07, 6.45) is 1.55. The van der Waals surface area contributed by atoms with Crippen molar-refractivity contribution in [2.75, 3.05) is 13.1 Å². The zero-order valence-corrected chi connectivity index (χ0v) is 14.2. The van der Waals surface area contributed by atoms with E-state index in [4.69, 9.17) is 5.73 Å². The second-order valence-corrected chi connectivity index (χ2v) is 6.80. The molecule has 0 spiro atoms. The van der Waals surface area contributed by atoms with Gasteiger partial charge in [-0.15, -0.1) is 0 Å². The molecule has 0 saturated carbocycles. The first-order chi connectivity index (χ1) is 10.8. The summed E-state index contributed by atoms with van der Waals surface area (Å²) in [7, 11) is 0. The first kappa shape index (κ1) is 17.5. The first-order valence-electron chi connectivity index (χ1n) is 8.26. The molecule has 1 aliphatic rings. The van der Waals surface area contributed by atoms with Gasteiger partial charge in [0.05, 0.1) is 0 Å². The molecule has 1 fully saturated rings. The molecule has 23 heavy (non-hydrogen) atoms. The van der Waals surface area contributed by atoms with Crippen LogP contribution in [0.1, 0.15) is 39.2 Å². The number of piperidine rings is 1. The number of hydrogen-bond acceptors (Lipinski definition) is 3. The van der Waals surface area contributed by atoms with Gasteiger partial charge in [0.15, 0.2) is 0 Å². The van der Waals surface area contributed by atoms with Crippen molar-refractivity contribution in [2.24, 2.45) is 11.7 Å². The number of carbonyl (C=O) groups excluding carboxylic acids is 2. The van der Waals surface area contributed by atoms with Crippen molar-refractivity contribution < 1.29 is 9.59 Å². The minimum Gasteiger partial charge on any atom is -0.351 e. The Balaban J connectivity index is 1.91. The quantitative estimate of drug-likeness (QED) is 0.886. The standard InChI is InChI=1S/C18H27N3O2/c1-13(2)16(22)21-11-9-15(10-12-21)20-17(23)18(3,19)14-7-5-4-6-8-14/h4-8,13,15H,9-12,19H2,1-3H3,(H,20,23). The van der Waals surface area contributed by atoms with E-state index >= 15 is 0 Å². The van der Waals surface area contributed by atoms with E-state index in [0.29, 0.717) is 13.1 Å². The van der Waals surface area contributed by atoms with Gasteiger partial charge in [0, 0.05) is 25.0 Å². The number of carbonyl (C=O) groups is 2. The SMILES string of the molecule is CC(C)C(=O)N1CCC(NC(=O)C(C)(N)c2ccccc2)CC1. The predicted molar refractivity (Wildman–Crippen MR) is 90.6 cm³/mol. The maximum absolute atomic E-state index is 12.5. The fraction of sp³-hybridized carbons (Fsp3) is 0.556. The third kappa shape index (κ3) is 4.10. The highest BCUT2D eigenvalue weighted by atomic mass is 16.2. The van der Waals surface area contributed by atoms with Gasteiger partial charge in [-0.2, -0.15) is 0 Å². The molecular weight excluding hydrogens is 290 g/mol. The zero-order valence-electron chi connectivity index (χ0n) is 14.2. The Morgan fingerprint density at radius 2 is 1.78 bits per heavy atom. The van der Waals surface area contributed by atoms with Gasteiger partial charge < -0.3 is 16.0 Å². The van der Waals surface area contributed by atoms with Gasteiger partial charge in [0.25, 0.3) is 0 Å². The van der Waals surface area contributed by atoms with Crippen LogP contribution in [0.4, 0.5) is 0 Å². The smallest absolute Gasteiger partial charge is 0.244 e. The summed E-state index contributed by atoms with van der Waals surface area (Å²) in [5.41, 5.74) is 5.98. The normalized spacial score (nSPS) is 18.6. The van der Waals surface area contributed by atoms with E-state index in [-0.39, 0.29) is 23.8 Å². The monoisotopic (exact) mass is 317 g/mol. The van der Waals surface area contributed by atoms with Crippen molar-refractivity contribution in [3.63, 3.8) is 0 Å². The lowest BCUT2D eigenvalue weighted by molar-refractivity contribution is -0.135. The number of likely N-dealkylation sites (tertiary alicyclic amines) is 1. The fourth-order valence-corrected chi connectivity index (χ4v) is 2.86. The van der Waals surface area contributed by atoms with E-state index in [1.165, 1.54) is 0 Å². The molecule has 1 aromatic rings. The second kappa shape index (κ2) is 7.13. The van der Waals surface area contributed by atoms with Crippen LogP contribution < -0.4 is 11.1 Å². The maximum atomic E-state index is 12.5. The van der Waals surface area contributed by atoms with E-state index < -0.39 is 5.54 Å². The van der Waals surface area contributed by atoms with Gasteiger partial charge in [-0.25, -0.2) is 0 Å². The van der Waals surface area contributed by atoms with Crippen LogP contribution in [-0.4, -0.2) is 35.8 Å². The van der Waals surface area contributed by atoms with Crippen LogP contribution in [0.15, 0.2) is 30.3 Å². The summed E-state index contributed by atoms with van der Waals surface area (Å²) in [5, 5.41) is 3.04. The largest absolute Gasteiger partial charge is 0.351 e. The van der Waals surface area contributed by atoms with E-state index in [0.717, 1.165) is 18.4 Å². The zero-order chi connectivity index (χ0) is 17.0. The average Bonchev–Trinajstić information content (AvgIpc) is 2.55. The maximum Gasteiger partial charge on any atom is 0.244 e. The van der Waals surface area contributed by atoms with Crippen LogP contribution in [0.2, 0.25) is 0 Å². The van der Waals surface area contributed by atoms with Crippen molar-refractivity contribution >= 4 is 11.8 Å². The third-order valence-electron chi connectivity index (χ3n) is 4.48. The van der Waals surface area contributed by atoms with Crippen LogP contribution in [0.3, 0.4) is 0 Å². The topological polar surface area (TPSA) is 75.4 Å². The molecule has 5 heteroatoms. The Morgan fingerprint density at radius 1 is 1.22 bits per heavy atom. The molecule has 126 valence electrons.